The van der Waals surface area contributed by atoms with Crippen molar-refractivity contribution >= 4 is 46.4 Å². The summed E-state index contributed by atoms with van der Waals surface area (Å²) < 4.78 is 4.88. The van der Waals surface area contributed by atoms with Gasteiger partial charge >= 0.3 is 0 Å². The predicted octanol–water partition coefficient (Wildman–Crippen LogP) is 3.21. The van der Waals surface area contributed by atoms with E-state index in [2.05, 4.69) is 10.6 Å². The molecule has 0 unspecified atom stereocenters. The highest BCUT2D eigenvalue weighted by Gasteiger charge is 2.09. The fourth-order valence-electron chi connectivity index (χ4n) is 1.39. The second kappa shape index (κ2) is 8.48. The van der Waals surface area contributed by atoms with Gasteiger partial charge in [0.1, 0.15) is 0 Å². The highest BCUT2D eigenvalue weighted by atomic mass is 35.5. The fraction of sp³-hybridized carbons (Fsp3) is 0.417. The van der Waals surface area contributed by atoms with Gasteiger partial charge in [-0.05, 0) is 18.6 Å². The molecule has 1 rings (SSSR count). The van der Waals surface area contributed by atoms with E-state index < -0.39 is 0 Å². The van der Waals surface area contributed by atoms with Gasteiger partial charge in [-0.2, -0.15) is 0 Å². The summed E-state index contributed by atoms with van der Waals surface area (Å²) in [5.74, 6) is -0.141. The topological polar surface area (TPSA) is 50.4 Å². The van der Waals surface area contributed by atoms with E-state index in [9.17, 15) is 4.79 Å². The molecule has 0 radical (unpaired) electrons. The zero-order chi connectivity index (χ0) is 14.3. The maximum atomic E-state index is 11.5. The van der Waals surface area contributed by atoms with Crippen molar-refractivity contribution in [2.75, 3.05) is 32.1 Å². The molecule has 0 saturated heterocycles. The molecule has 0 atom stereocenters. The Bertz CT molecular complexity index is 418. The van der Waals surface area contributed by atoms with Gasteiger partial charge in [-0.25, -0.2) is 0 Å². The maximum Gasteiger partial charge on any atom is 0.239 e. The molecule has 0 saturated carbocycles. The zero-order valence-corrected chi connectivity index (χ0v) is 12.7. The van der Waals surface area contributed by atoms with Gasteiger partial charge in [-0.15, -0.1) is 0 Å². The van der Waals surface area contributed by atoms with Crippen LogP contribution < -0.4 is 10.6 Å². The van der Waals surface area contributed by atoms with Crippen LogP contribution in [0.5, 0.6) is 0 Å². The van der Waals surface area contributed by atoms with Gasteiger partial charge in [0.05, 0.1) is 22.3 Å². The molecule has 0 aliphatic rings. The normalized spacial score (nSPS) is 10.3. The first-order valence-electron chi connectivity index (χ1n) is 5.68. The van der Waals surface area contributed by atoms with Crippen LogP contribution in [0.15, 0.2) is 12.1 Å². The van der Waals surface area contributed by atoms with E-state index in [0.717, 1.165) is 6.42 Å². The number of methoxy groups -OCH3 is 1. The summed E-state index contributed by atoms with van der Waals surface area (Å²) in [5.41, 5.74) is 0.500. The van der Waals surface area contributed by atoms with Crippen LogP contribution in [-0.4, -0.2) is 32.7 Å². The average molecular weight is 326 g/mol. The van der Waals surface area contributed by atoms with Gasteiger partial charge in [0, 0.05) is 25.3 Å². The monoisotopic (exact) mass is 324 g/mol. The van der Waals surface area contributed by atoms with Crippen LogP contribution in [0.2, 0.25) is 15.1 Å². The van der Waals surface area contributed by atoms with Crippen LogP contribution >= 0.6 is 34.8 Å². The number of hydrogen-bond acceptors (Lipinski definition) is 3. The molecule has 19 heavy (non-hydrogen) atoms. The quantitative estimate of drug-likeness (QED) is 0.757. The number of nitrogens with one attached hydrogen (secondary N) is 2. The Kier molecular flexibility index (Phi) is 7.31. The summed E-state index contributed by atoms with van der Waals surface area (Å²) in [5, 5.41) is 6.83. The van der Waals surface area contributed by atoms with E-state index in [4.69, 9.17) is 39.5 Å². The molecule has 1 aromatic rings. The van der Waals surface area contributed by atoms with Crippen molar-refractivity contribution in [3.05, 3.63) is 27.2 Å². The summed E-state index contributed by atoms with van der Waals surface area (Å²) in [6.45, 7) is 1.27. The molecule has 0 heterocycles. The van der Waals surface area contributed by atoms with Crippen molar-refractivity contribution in [3.8, 4) is 0 Å². The summed E-state index contributed by atoms with van der Waals surface area (Å²) in [6, 6.07) is 3.13. The second-order valence-corrected chi connectivity index (χ2v) is 5.05. The molecule has 0 spiro atoms. The lowest BCUT2D eigenvalue weighted by atomic mass is 10.3. The molecule has 0 bridgehead atoms. The summed E-state index contributed by atoms with van der Waals surface area (Å²) in [4.78, 5) is 11.5. The molecule has 0 aliphatic carbocycles. The molecular weight excluding hydrogens is 311 g/mol. The number of carbonyl (C=O) groups is 1. The molecule has 106 valence electrons. The van der Waals surface area contributed by atoms with Crippen LogP contribution in [-0.2, 0) is 9.53 Å². The lowest BCUT2D eigenvalue weighted by Crippen LogP contribution is -2.31. The van der Waals surface area contributed by atoms with Crippen molar-refractivity contribution in [1.82, 2.24) is 5.32 Å². The van der Waals surface area contributed by atoms with Gasteiger partial charge in [0.25, 0.3) is 0 Å². The minimum absolute atomic E-state index is 0.0913. The third-order valence-corrected chi connectivity index (χ3v) is 3.09. The number of benzene rings is 1. The average Bonchev–Trinajstić information content (AvgIpc) is 2.33. The smallest absolute Gasteiger partial charge is 0.239 e. The van der Waals surface area contributed by atoms with E-state index in [1.54, 1.807) is 19.2 Å². The van der Waals surface area contributed by atoms with Crippen molar-refractivity contribution < 1.29 is 9.53 Å². The largest absolute Gasteiger partial charge is 0.385 e. The van der Waals surface area contributed by atoms with Crippen molar-refractivity contribution in [1.29, 1.82) is 0 Å². The van der Waals surface area contributed by atoms with E-state index in [1.165, 1.54) is 0 Å². The Morgan fingerprint density at radius 2 is 1.89 bits per heavy atom. The number of amides is 1. The number of anilines is 1. The van der Waals surface area contributed by atoms with E-state index in [0.29, 0.717) is 33.9 Å². The van der Waals surface area contributed by atoms with Gasteiger partial charge in [-0.3, -0.25) is 4.79 Å². The maximum absolute atomic E-state index is 11.5. The molecule has 1 aromatic carbocycles. The Labute approximate surface area is 127 Å². The van der Waals surface area contributed by atoms with Gasteiger partial charge in [0.2, 0.25) is 5.91 Å². The first kappa shape index (κ1) is 16.4. The van der Waals surface area contributed by atoms with Gasteiger partial charge in [-0.1, -0.05) is 34.8 Å². The number of halogens is 3. The molecule has 0 aliphatic heterocycles. The Balaban J connectivity index is 2.42. The molecule has 0 aromatic heterocycles. The van der Waals surface area contributed by atoms with Crippen molar-refractivity contribution in [3.63, 3.8) is 0 Å². The minimum atomic E-state index is -0.141. The molecule has 7 heteroatoms. The second-order valence-electron chi connectivity index (χ2n) is 3.79. The molecule has 0 fully saturated rings. The van der Waals surface area contributed by atoms with E-state index in [1.807, 2.05) is 0 Å². The van der Waals surface area contributed by atoms with Crippen LogP contribution in [0.25, 0.3) is 0 Å². The highest BCUT2D eigenvalue weighted by Crippen LogP contribution is 2.33. The third-order valence-electron chi connectivity index (χ3n) is 2.28. The lowest BCUT2D eigenvalue weighted by Gasteiger charge is -2.11. The Morgan fingerprint density at radius 3 is 2.47 bits per heavy atom. The first-order chi connectivity index (χ1) is 9.04. The van der Waals surface area contributed by atoms with Gasteiger partial charge < -0.3 is 15.4 Å². The number of carbonyl (C=O) groups excluding carboxylic acids is 1. The Hall–Kier alpha value is -0.680. The zero-order valence-electron chi connectivity index (χ0n) is 10.4. The highest BCUT2D eigenvalue weighted by molar-refractivity contribution is 6.41. The molecule has 2 N–H and O–H groups in total. The minimum Gasteiger partial charge on any atom is -0.385 e. The first-order valence-corrected chi connectivity index (χ1v) is 6.82. The molecular formula is C12H15Cl3N2O2. The SMILES string of the molecule is COCCCNC(=O)CNc1c(Cl)cc(Cl)cc1Cl. The van der Waals surface area contributed by atoms with Crippen molar-refractivity contribution in [2.45, 2.75) is 6.42 Å². The number of ether oxygens (including phenoxy) is 1. The molecule has 1 amide bonds. The fourth-order valence-corrected chi connectivity index (χ4v) is 2.34. The summed E-state index contributed by atoms with van der Waals surface area (Å²) in [6.07, 6.45) is 0.769. The van der Waals surface area contributed by atoms with Crippen LogP contribution in [0.4, 0.5) is 5.69 Å². The third kappa shape index (κ3) is 5.87. The predicted molar refractivity (Wildman–Crippen MR) is 79.5 cm³/mol. The van der Waals surface area contributed by atoms with E-state index in [-0.39, 0.29) is 12.5 Å². The number of hydrogen-bond donors (Lipinski definition) is 2. The van der Waals surface area contributed by atoms with E-state index >= 15 is 0 Å². The molecule has 4 nitrogen and oxygen atoms in total. The number of rotatable bonds is 7. The van der Waals surface area contributed by atoms with Crippen LogP contribution in [0, 0.1) is 0 Å². The van der Waals surface area contributed by atoms with Crippen molar-refractivity contribution in [2.24, 2.45) is 0 Å². The van der Waals surface area contributed by atoms with Gasteiger partial charge in [0.15, 0.2) is 0 Å². The van der Waals surface area contributed by atoms with Crippen LogP contribution in [0.1, 0.15) is 6.42 Å². The Morgan fingerprint density at radius 1 is 1.26 bits per heavy atom. The van der Waals surface area contributed by atoms with Crippen LogP contribution in [0.3, 0.4) is 0 Å². The summed E-state index contributed by atoms with van der Waals surface area (Å²) in [7, 11) is 1.62. The standard InChI is InChI=1S/C12H15Cl3N2O2/c1-19-4-2-3-16-11(18)7-17-12-9(14)5-8(13)6-10(12)15/h5-6,17H,2-4,7H2,1H3,(H,16,18). The summed E-state index contributed by atoms with van der Waals surface area (Å²) >= 11 is 17.8. The lowest BCUT2D eigenvalue weighted by molar-refractivity contribution is -0.119.